The number of nitrogens with zero attached hydrogens (tertiary/aromatic N) is 4. The van der Waals surface area contributed by atoms with Gasteiger partial charge < -0.3 is 0 Å². The van der Waals surface area contributed by atoms with Crippen LogP contribution in [0.2, 0.25) is 0 Å². The molecule has 4 rings (SSSR count). The molecule has 3 heterocycles. The standard InChI is InChI=1S/C21H21BrN4S3/c1-5-13-9-6-7-10-14(13)26-18(15-11-8-12-27-15)24-25-19(26)29-20-23-16(17(22)28-20)21(2,3)4/h6-12H,5H2,1-4H3. The van der Waals surface area contributed by atoms with E-state index in [-0.39, 0.29) is 5.41 Å². The van der Waals surface area contributed by atoms with Gasteiger partial charge in [-0.15, -0.1) is 21.5 Å². The monoisotopic (exact) mass is 504 g/mol. The SMILES string of the molecule is CCc1ccccc1-n1c(Sc2nc(C(C)(C)C)c(Br)s2)nnc1-c1cccs1. The van der Waals surface area contributed by atoms with Gasteiger partial charge in [0.05, 0.1) is 20.0 Å². The molecule has 0 radical (unpaired) electrons. The fourth-order valence-electron chi connectivity index (χ4n) is 3.01. The molecule has 0 aliphatic heterocycles. The Morgan fingerprint density at radius 2 is 1.90 bits per heavy atom. The van der Waals surface area contributed by atoms with Gasteiger partial charge in [0.25, 0.3) is 0 Å². The van der Waals surface area contributed by atoms with Gasteiger partial charge in [0, 0.05) is 5.41 Å². The summed E-state index contributed by atoms with van der Waals surface area (Å²) < 4.78 is 4.20. The maximum Gasteiger partial charge on any atom is 0.203 e. The molecule has 0 aliphatic carbocycles. The molecule has 8 heteroatoms. The van der Waals surface area contributed by atoms with E-state index in [1.807, 2.05) is 6.07 Å². The van der Waals surface area contributed by atoms with E-state index in [9.17, 15) is 0 Å². The zero-order valence-electron chi connectivity index (χ0n) is 16.6. The van der Waals surface area contributed by atoms with Crippen molar-refractivity contribution in [2.45, 2.75) is 49.0 Å². The number of benzene rings is 1. The predicted octanol–water partition coefficient (Wildman–Crippen LogP) is 7.23. The minimum absolute atomic E-state index is 0.0151. The van der Waals surface area contributed by atoms with Crippen molar-refractivity contribution < 1.29 is 0 Å². The summed E-state index contributed by atoms with van der Waals surface area (Å²) in [5.74, 6) is 0.870. The molecule has 0 fully saturated rings. The molecule has 3 aromatic heterocycles. The van der Waals surface area contributed by atoms with Crippen LogP contribution in [0.3, 0.4) is 0 Å². The molecule has 4 aromatic rings. The normalized spacial score (nSPS) is 11.9. The second-order valence-corrected chi connectivity index (χ2v) is 12.0. The number of hydrogen-bond acceptors (Lipinski definition) is 6. The van der Waals surface area contributed by atoms with Gasteiger partial charge in [-0.05, 0) is 57.2 Å². The number of hydrogen-bond donors (Lipinski definition) is 0. The summed E-state index contributed by atoms with van der Waals surface area (Å²) >= 11 is 8.58. The van der Waals surface area contributed by atoms with E-state index in [0.29, 0.717) is 0 Å². The molecule has 0 atom stereocenters. The zero-order valence-corrected chi connectivity index (χ0v) is 20.7. The number of aromatic nitrogens is 4. The fourth-order valence-corrected chi connectivity index (χ4v) is 7.21. The van der Waals surface area contributed by atoms with E-state index in [4.69, 9.17) is 4.98 Å². The first-order chi connectivity index (χ1) is 13.9. The maximum absolute atomic E-state index is 4.88. The Balaban J connectivity index is 1.83. The van der Waals surface area contributed by atoms with Crippen LogP contribution >= 0.6 is 50.4 Å². The van der Waals surface area contributed by atoms with Crippen molar-refractivity contribution in [3.05, 3.63) is 56.8 Å². The number of para-hydroxylation sites is 1. The summed E-state index contributed by atoms with van der Waals surface area (Å²) in [6, 6.07) is 12.6. The number of aryl methyl sites for hydroxylation is 1. The average molecular weight is 506 g/mol. The Kier molecular flexibility index (Phi) is 5.97. The largest absolute Gasteiger partial charge is 0.269 e. The number of rotatable bonds is 5. The Morgan fingerprint density at radius 3 is 2.55 bits per heavy atom. The van der Waals surface area contributed by atoms with E-state index in [2.05, 4.69) is 94.1 Å². The average Bonchev–Trinajstić information content (AvgIpc) is 3.41. The van der Waals surface area contributed by atoms with E-state index in [0.717, 1.165) is 41.8 Å². The van der Waals surface area contributed by atoms with Crippen molar-refractivity contribution in [2.24, 2.45) is 0 Å². The summed E-state index contributed by atoms with van der Waals surface area (Å²) in [5.41, 5.74) is 3.45. The zero-order chi connectivity index (χ0) is 20.6. The van der Waals surface area contributed by atoms with Crippen molar-refractivity contribution in [1.29, 1.82) is 0 Å². The first-order valence-electron chi connectivity index (χ1n) is 9.30. The molecule has 0 saturated heterocycles. The summed E-state index contributed by atoms with van der Waals surface area (Å²) in [4.78, 5) is 5.98. The Bertz CT molecular complexity index is 1120. The van der Waals surface area contributed by atoms with Gasteiger partial charge in [0.2, 0.25) is 5.16 Å². The lowest BCUT2D eigenvalue weighted by atomic mass is 9.93. The van der Waals surface area contributed by atoms with Crippen LogP contribution in [0.25, 0.3) is 16.4 Å². The van der Waals surface area contributed by atoms with Gasteiger partial charge in [0.1, 0.15) is 0 Å². The van der Waals surface area contributed by atoms with Crippen LogP contribution in [0, 0.1) is 0 Å². The Labute approximate surface area is 191 Å². The van der Waals surface area contributed by atoms with Gasteiger partial charge in [-0.25, -0.2) is 4.98 Å². The molecule has 0 spiro atoms. The molecule has 4 nitrogen and oxygen atoms in total. The van der Waals surface area contributed by atoms with Crippen molar-refractivity contribution in [3.63, 3.8) is 0 Å². The van der Waals surface area contributed by atoms with E-state index < -0.39 is 0 Å². The third kappa shape index (κ3) is 4.21. The summed E-state index contributed by atoms with van der Waals surface area (Å²) in [6.45, 7) is 8.71. The molecule has 0 aliphatic rings. The first kappa shape index (κ1) is 20.8. The lowest BCUT2D eigenvalue weighted by molar-refractivity contribution is 0.566. The quantitative estimate of drug-likeness (QED) is 0.287. The molecule has 0 unspecified atom stereocenters. The Morgan fingerprint density at radius 1 is 1.10 bits per heavy atom. The van der Waals surface area contributed by atoms with Gasteiger partial charge in [0.15, 0.2) is 10.2 Å². The second-order valence-electron chi connectivity index (χ2n) is 7.56. The number of thiophene rings is 1. The summed E-state index contributed by atoms with van der Waals surface area (Å²) in [6.07, 6.45) is 0.944. The van der Waals surface area contributed by atoms with Crippen LogP contribution in [-0.2, 0) is 11.8 Å². The molecule has 0 amide bonds. The highest BCUT2D eigenvalue weighted by Gasteiger charge is 2.25. The predicted molar refractivity (Wildman–Crippen MR) is 127 cm³/mol. The van der Waals surface area contributed by atoms with Crippen molar-refractivity contribution >= 4 is 50.4 Å². The van der Waals surface area contributed by atoms with Crippen molar-refractivity contribution in [1.82, 2.24) is 19.7 Å². The van der Waals surface area contributed by atoms with Crippen LogP contribution < -0.4 is 0 Å². The third-order valence-electron chi connectivity index (χ3n) is 4.44. The summed E-state index contributed by atoms with van der Waals surface area (Å²) in [5, 5.41) is 12.0. The lowest BCUT2D eigenvalue weighted by Crippen LogP contribution is -2.12. The molecule has 150 valence electrons. The van der Waals surface area contributed by atoms with Crippen molar-refractivity contribution in [2.75, 3.05) is 0 Å². The van der Waals surface area contributed by atoms with Crippen LogP contribution in [0.15, 0.2) is 55.1 Å². The topological polar surface area (TPSA) is 43.6 Å². The maximum atomic E-state index is 4.88. The second kappa shape index (κ2) is 8.34. The molecule has 0 N–H and O–H groups in total. The minimum Gasteiger partial charge on any atom is -0.269 e. The van der Waals surface area contributed by atoms with Gasteiger partial charge in [-0.3, -0.25) is 4.57 Å². The highest BCUT2D eigenvalue weighted by Crippen LogP contribution is 2.41. The molecular weight excluding hydrogens is 484 g/mol. The molecule has 0 saturated carbocycles. The fraction of sp³-hybridized carbons (Fsp3) is 0.286. The molecule has 1 aromatic carbocycles. The smallest absolute Gasteiger partial charge is 0.203 e. The van der Waals surface area contributed by atoms with Crippen LogP contribution in [0.1, 0.15) is 39.0 Å². The lowest BCUT2D eigenvalue weighted by Gasteiger charge is -2.15. The number of halogens is 1. The summed E-state index contributed by atoms with van der Waals surface area (Å²) in [7, 11) is 0. The molecular formula is C21H21BrN4S3. The van der Waals surface area contributed by atoms with Crippen LogP contribution in [0.4, 0.5) is 0 Å². The molecule has 0 bridgehead atoms. The van der Waals surface area contributed by atoms with E-state index in [1.54, 1.807) is 34.4 Å². The number of thiazole rings is 1. The van der Waals surface area contributed by atoms with E-state index in [1.165, 1.54) is 5.56 Å². The van der Waals surface area contributed by atoms with Gasteiger partial charge in [-0.2, -0.15) is 0 Å². The highest BCUT2D eigenvalue weighted by molar-refractivity contribution is 9.11. The van der Waals surface area contributed by atoms with E-state index >= 15 is 0 Å². The Hall–Kier alpha value is -1.48. The molecule has 29 heavy (non-hydrogen) atoms. The van der Waals surface area contributed by atoms with Gasteiger partial charge >= 0.3 is 0 Å². The highest BCUT2D eigenvalue weighted by atomic mass is 79.9. The van der Waals surface area contributed by atoms with Gasteiger partial charge in [-0.1, -0.05) is 63.3 Å². The van der Waals surface area contributed by atoms with Crippen LogP contribution in [-0.4, -0.2) is 19.7 Å². The minimum atomic E-state index is -0.0151. The van der Waals surface area contributed by atoms with Crippen molar-refractivity contribution in [3.8, 4) is 16.4 Å². The first-order valence-corrected chi connectivity index (χ1v) is 12.6. The van der Waals surface area contributed by atoms with Crippen LogP contribution in [0.5, 0.6) is 0 Å². The third-order valence-corrected chi connectivity index (χ3v) is 8.02.